The van der Waals surface area contributed by atoms with Crippen molar-refractivity contribution in [1.82, 2.24) is 10.2 Å². The molecule has 174 valence electrons. The molecule has 2 amide bonds. The normalized spacial score (nSPS) is 17.8. The number of benzene rings is 1. The fourth-order valence-electron chi connectivity index (χ4n) is 3.10. The third kappa shape index (κ3) is 7.01. The number of carbonyl (C=O) groups excluding carboxylic acids is 2. The van der Waals surface area contributed by atoms with Crippen LogP contribution in [0.5, 0.6) is 0 Å². The van der Waals surface area contributed by atoms with Crippen molar-refractivity contribution in [3.05, 3.63) is 35.1 Å². The van der Waals surface area contributed by atoms with Crippen molar-refractivity contribution < 1.29 is 32.7 Å². The zero-order valence-electron chi connectivity index (χ0n) is 16.9. The zero-order valence-corrected chi connectivity index (χ0v) is 18.6. The summed E-state index contributed by atoms with van der Waals surface area (Å²) in [6, 6.07) is -0.845. The van der Waals surface area contributed by atoms with Gasteiger partial charge in [-0.25, -0.2) is 18.0 Å². The number of carbonyl (C=O) groups is 3. The minimum absolute atomic E-state index is 0. The summed E-state index contributed by atoms with van der Waals surface area (Å²) < 4.78 is 40.2. The van der Waals surface area contributed by atoms with Gasteiger partial charge in [0.25, 0.3) is 5.91 Å². The zero-order chi connectivity index (χ0) is 22.6. The van der Waals surface area contributed by atoms with Crippen molar-refractivity contribution in [2.75, 3.05) is 12.3 Å². The Kier molecular flexibility index (Phi) is 10.1. The molecule has 4 N–H and O–H groups in total. The molecule has 7 nitrogen and oxygen atoms in total. The van der Waals surface area contributed by atoms with Gasteiger partial charge in [-0.2, -0.15) is 0 Å². The molecule has 1 unspecified atom stereocenters. The van der Waals surface area contributed by atoms with Crippen LogP contribution in [0.2, 0.25) is 0 Å². The first kappa shape index (κ1) is 27.1. The molecule has 1 aromatic carbocycles. The van der Waals surface area contributed by atoms with Gasteiger partial charge in [0, 0.05) is 30.8 Å². The van der Waals surface area contributed by atoms with E-state index in [1.54, 1.807) is 13.8 Å². The van der Waals surface area contributed by atoms with E-state index in [-0.39, 0.29) is 43.3 Å². The largest absolute Gasteiger partial charge is 0.480 e. The minimum atomic E-state index is -1.31. The number of nitrogens with zero attached hydrogens (tertiary/aromatic N) is 1. The Morgan fingerprint density at radius 3 is 2.42 bits per heavy atom. The van der Waals surface area contributed by atoms with Gasteiger partial charge in [-0.3, -0.25) is 9.59 Å². The third-order valence-corrected chi connectivity index (χ3v) is 5.88. The molecule has 3 atom stereocenters. The van der Waals surface area contributed by atoms with Crippen LogP contribution in [-0.2, 0) is 20.8 Å². The predicted molar refractivity (Wildman–Crippen MR) is 112 cm³/mol. The van der Waals surface area contributed by atoms with Crippen LogP contribution in [0.25, 0.3) is 0 Å². The Morgan fingerprint density at radius 2 is 1.84 bits per heavy atom. The van der Waals surface area contributed by atoms with Gasteiger partial charge in [0.05, 0.1) is 0 Å². The van der Waals surface area contributed by atoms with Gasteiger partial charge in [0.2, 0.25) is 5.91 Å². The Hall–Kier alpha value is -1.98. The number of aliphatic carboxylic acids is 1. The van der Waals surface area contributed by atoms with Crippen LogP contribution in [0.1, 0.15) is 25.8 Å². The predicted octanol–water partition coefficient (Wildman–Crippen LogP) is 1.91. The van der Waals surface area contributed by atoms with Crippen LogP contribution >= 0.6 is 24.2 Å². The average Bonchev–Trinajstić information content (AvgIpc) is 3.13. The number of hydrogen-bond donors (Lipinski definition) is 3. The summed E-state index contributed by atoms with van der Waals surface area (Å²) in [4.78, 5) is 37.7. The Morgan fingerprint density at radius 1 is 1.23 bits per heavy atom. The lowest BCUT2D eigenvalue weighted by atomic mass is 10.0. The molecule has 2 rings (SSSR count). The first-order valence-corrected chi connectivity index (χ1v) is 10.4. The first-order valence-electron chi connectivity index (χ1n) is 9.34. The van der Waals surface area contributed by atoms with Crippen molar-refractivity contribution in [3.63, 3.8) is 0 Å². The summed E-state index contributed by atoms with van der Waals surface area (Å²) in [6.45, 7) is 3.58. The maximum atomic E-state index is 13.8. The van der Waals surface area contributed by atoms with Crippen LogP contribution < -0.4 is 11.1 Å². The fourth-order valence-corrected chi connectivity index (χ4v) is 4.24. The van der Waals surface area contributed by atoms with E-state index in [1.165, 1.54) is 16.7 Å². The molecule has 12 heteroatoms. The molecular weight excluding hydrogens is 459 g/mol. The Balaban J connectivity index is 0.00000480. The van der Waals surface area contributed by atoms with E-state index in [0.717, 1.165) is 0 Å². The van der Waals surface area contributed by atoms with E-state index in [4.69, 9.17) is 5.73 Å². The molecular formula is C19H25ClF3N3O4S. The topological polar surface area (TPSA) is 113 Å². The molecule has 0 saturated carbocycles. The molecule has 0 aromatic heterocycles. The second kappa shape index (κ2) is 11.6. The van der Waals surface area contributed by atoms with Gasteiger partial charge < -0.3 is 21.1 Å². The van der Waals surface area contributed by atoms with E-state index < -0.39 is 52.7 Å². The number of carboxylic acid groups (broad SMARTS) is 1. The second-order valence-electron chi connectivity index (χ2n) is 7.40. The van der Waals surface area contributed by atoms with Gasteiger partial charge in [-0.15, -0.1) is 24.2 Å². The number of hydrogen-bond acceptors (Lipinski definition) is 5. The molecule has 1 aliphatic heterocycles. The number of nitrogens with two attached hydrogens (primary N) is 1. The van der Waals surface area contributed by atoms with E-state index in [9.17, 15) is 32.7 Å². The first-order chi connectivity index (χ1) is 14.0. The third-order valence-electron chi connectivity index (χ3n) is 4.67. The standard InChI is InChI=1S/C19H24F3N3O4S.ClH/c1-9(2)16(19(28)29)24-17(27)18-25(3-4-30-18)15(26)7-11(23)5-10-6-13(21)14(22)8-12(10)20;/h6,8-9,11,16,18H,3-5,7,23H2,1-2H3,(H,24,27)(H,28,29);1H/t11-,16+,18?;/m1./s1. The molecule has 0 aliphatic carbocycles. The lowest BCUT2D eigenvalue weighted by molar-refractivity contribution is -0.144. The molecule has 0 spiro atoms. The summed E-state index contributed by atoms with van der Waals surface area (Å²) in [7, 11) is 0. The highest BCUT2D eigenvalue weighted by Gasteiger charge is 2.37. The summed E-state index contributed by atoms with van der Waals surface area (Å²) in [5, 5.41) is 10.8. The summed E-state index contributed by atoms with van der Waals surface area (Å²) in [6.07, 6.45) is -0.434. The van der Waals surface area contributed by atoms with Crippen molar-refractivity contribution >= 4 is 42.0 Å². The smallest absolute Gasteiger partial charge is 0.326 e. The van der Waals surface area contributed by atoms with Gasteiger partial charge >= 0.3 is 5.97 Å². The van der Waals surface area contributed by atoms with E-state index >= 15 is 0 Å². The highest BCUT2D eigenvalue weighted by atomic mass is 35.5. The molecule has 1 heterocycles. The van der Waals surface area contributed by atoms with Crippen LogP contribution in [0, 0.1) is 23.4 Å². The lowest BCUT2D eigenvalue weighted by Crippen LogP contribution is -2.52. The van der Waals surface area contributed by atoms with Gasteiger partial charge in [-0.05, 0) is 24.0 Å². The molecule has 1 aliphatic rings. The van der Waals surface area contributed by atoms with E-state index in [1.807, 2.05) is 0 Å². The molecule has 0 radical (unpaired) electrons. The van der Waals surface area contributed by atoms with Crippen LogP contribution in [0.4, 0.5) is 13.2 Å². The Labute approximate surface area is 188 Å². The number of nitrogens with one attached hydrogen (secondary N) is 1. The van der Waals surface area contributed by atoms with Crippen LogP contribution in [0.3, 0.4) is 0 Å². The van der Waals surface area contributed by atoms with Crippen molar-refractivity contribution in [2.45, 2.75) is 44.1 Å². The summed E-state index contributed by atoms with van der Waals surface area (Å²) in [5.41, 5.74) is 5.75. The molecule has 31 heavy (non-hydrogen) atoms. The molecule has 1 fully saturated rings. The SMILES string of the molecule is CC(C)[C@H](NC(=O)C1SCCN1C(=O)C[C@H](N)Cc1cc(F)c(F)cc1F)C(=O)O.Cl. The molecule has 0 bridgehead atoms. The number of carboxylic acids is 1. The van der Waals surface area contributed by atoms with Crippen molar-refractivity contribution in [3.8, 4) is 0 Å². The maximum Gasteiger partial charge on any atom is 0.326 e. The summed E-state index contributed by atoms with van der Waals surface area (Å²) >= 11 is 1.20. The number of halogens is 4. The summed E-state index contributed by atoms with van der Waals surface area (Å²) in [5.74, 6) is -5.58. The van der Waals surface area contributed by atoms with Crippen molar-refractivity contribution in [2.24, 2.45) is 11.7 Å². The quantitative estimate of drug-likeness (QED) is 0.487. The highest BCUT2D eigenvalue weighted by Crippen LogP contribution is 2.26. The number of amides is 2. The lowest BCUT2D eigenvalue weighted by Gasteiger charge is -2.26. The molecule has 1 saturated heterocycles. The van der Waals surface area contributed by atoms with Gasteiger partial charge in [0.15, 0.2) is 17.0 Å². The number of thioether (sulfide) groups is 1. The van der Waals surface area contributed by atoms with Crippen molar-refractivity contribution in [1.29, 1.82) is 0 Å². The molecule has 1 aromatic rings. The highest BCUT2D eigenvalue weighted by molar-refractivity contribution is 8.00. The maximum absolute atomic E-state index is 13.8. The number of rotatable bonds is 8. The minimum Gasteiger partial charge on any atom is -0.480 e. The average molecular weight is 484 g/mol. The van der Waals surface area contributed by atoms with Crippen LogP contribution in [-0.4, -0.2) is 57.5 Å². The van der Waals surface area contributed by atoms with Gasteiger partial charge in [-0.1, -0.05) is 13.8 Å². The second-order valence-corrected chi connectivity index (χ2v) is 8.59. The van der Waals surface area contributed by atoms with E-state index in [2.05, 4.69) is 5.32 Å². The van der Waals surface area contributed by atoms with Gasteiger partial charge in [0.1, 0.15) is 11.9 Å². The fraction of sp³-hybridized carbons (Fsp3) is 0.526. The Bertz CT molecular complexity index is 831. The van der Waals surface area contributed by atoms with Crippen LogP contribution in [0.15, 0.2) is 12.1 Å². The van der Waals surface area contributed by atoms with E-state index in [0.29, 0.717) is 17.9 Å². The monoisotopic (exact) mass is 483 g/mol.